The summed E-state index contributed by atoms with van der Waals surface area (Å²) in [6, 6.07) is 7.82. The van der Waals surface area contributed by atoms with Gasteiger partial charge in [0.05, 0.1) is 0 Å². The van der Waals surface area contributed by atoms with Gasteiger partial charge in [0, 0.05) is 25.3 Å². The van der Waals surface area contributed by atoms with E-state index in [2.05, 4.69) is 29.2 Å². The lowest BCUT2D eigenvalue weighted by Gasteiger charge is -2.38. The lowest BCUT2D eigenvalue weighted by Crippen LogP contribution is -2.54. The monoisotopic (exact) mass is 234 g/mol. The van der Waals surface area contributed by atoms with Gasteiger partial charge in [0.15, 0.2) is 0 Å². The lowest BCUT2D eigenvalue weighted by atomic mass is 10.1. The molecule has 1 N–H and O–H groups in total. The van der Waals surface area contributed by atoms with Crippen molar-refractivity contribution in [2.45, 2.75) is 13.0 Å². The van der Waals surface area contributed by atoms with Gasteiger partial charge in [0.2, 0.25) is 0 Å². The van der Waals surface area contributed by atoms with Crippen LogP contribution in [0.15, 0.2) is 24.3 Å². The maximum atomic E-state index is 11.1. The number of anilines is 1. The summed E-state index contributed by atoms with van der Waals surface area (Å²) in [5.41, 5.74) is 2.33. The van der Waals surface area contributed by atoms with Crippen LogP contribution < -0.4 is 4.90 Å². The minimum absolute atomic E-state index is 0.412. The normalized spacial score (nSPS) is 21.5. The Balaban J connectivity index is 2.13. The zero-order valence-corrected chi connectivity index (χ0v) is 10.3. The first-order chi connectivity index (χ1) is 8.08. The van der Waals surface area contributed by atoms with E-state index in [-0.39, 0.29) is 0 Å². The minimum Gasteiger partial charge on any atom is -0.480 e. The number of carboxylic acids is 1. The molecule has 0 saturated carbocycles. The molecule has 0 spiro atoms. The number of nitrogens with zero attached hydrogens (tertiary/aromatic N) is 2. The summed E-state index contributed by atoms with van der Waals surface area (Å²) >= 11 is 0. The van der Waals surface area contributed by atoms with Gasteiger partial charge in [-0.3, -0.25) is 9.69 Å². The maximum Gasteiger partial charge on any atom is 0.322 e. The predicted molar refractivity (Wildman–Crippen MR) is 67.4 cm³/mol. The van der Waals surface area contributed by atoms with Crippen LogP contribution in [0.1, 0.15) is 5.56 Å². The molecule has 1 fully saturated rings. The summed E-state index contributed by atoms with van der Waals surface area (Å²) in [6.07, 6.45) is 0. The number of benzene rings is 1. The third-order valence-corrected chi connectivity index (χ3v) is 3.33. The van der Waals surface area contributed by atoms with Crippen molar-refractivity contribution in [1.29, 1.82) is 0 Å². The molecule has 1 aliphatic heterocycles. The van der Waals surface area contributed by atoms with Crippen LogP contribution in [0.3, 0.4) is 0 Å². The van der Waals surface area contributed by atoms with Gasteiger partial charge >= 0.3 is 5.97 Å². The highest BCUT2D eigenvalue weighted by atomic mass is 16.4. The molecule has 1 heterocycles. The first-order valence-electron chi connectivity index (χ1n) is 5.82. The van der Waals surface area contributed by atoms with Gasteiger partial charge in [-0.2, -0.15) is 0 Å². The third kappa shape index (κ3) is 2.58. The van der Waals surface area contributed by atoms with Crippen molar-refractivity contribution < 1.29 is 9.90 Å². The Kier molecular flexibility index (Phi) is 3.33. The smallest absolute Gasteiger partial charge is 0.322 e. The fourth-order valence-electron chi connectivity index (χ4n) is 2.13. The lowest BCUT2D eigenvalue weighted by molar-refractivity contribution is -0.142. The van der Waals surface area contributed by atoms with Crippen LogP contribution >= 0.6 is 0 Å². The molecule has 4 nitrogen and oxygen atoms in total. The molecule has 1 atom stereocenters. The molecule has 1 saturated heterocycles. The third-order valence-electron chi connectivity index (χ3n) is 3.33. The summed E-state index contributed by atoms with van der Waals surface area (Å²) in [5.74, 6) is -0.746. The average molecular weight is 234 g/mol. The van der Waals surface area contributed by atoms with Crippen LogP contribution in [-0.4, -0.2) is 48.7 Å². The summed E-state index contributed by atoms with van der Waals surface area (Å²) in [7, 11) is 1.87. The Morgan fingerprint density at radius 3 is 2.53 bits per heavy atom. The zero-order valence-electron chi connectivity index (χ0n) is 10.3. The minimum atomic E-state index is -0.746. The second-order valence-corrected chi connectivity index (χ2v) is 4.62. The van der Waals surface area contributed by atoms with Crippen molar-refractivity contribution >= 4 is 11.7 Å². The van der Waals surface area contributed by atoms with Crippen LogP contribution in [0, 0.1) is 6.92 Å². The number of aliphatic carboxylic acids is 1. The van der Waals surface area contributed by atoms with Crippen LogP contribution in [0.4, 0.5) is 5.69 Å². The molecule has 2 rings (SSSR count). The number of hydrogen-bond donors (Lipinski definition) is 1. The van der Waals surface area contributed by atoms with Gasteiger partial charge in [-0.15, -0.1) is 0 Å². The quantitative estimate of drug-likeness (QED) is 0.835. The van der Waals surface area contributed by atoms with Gasteiger partial charge in [0.25, 0.3) is 0 Å². The fourth-order valence-corrected chi connectivity index (χ4v) is 2.13. The van der Waals surface area contributed by atoms with Crippen molar-refractivity contribution in [3.63, 3.8) is 0 Å². The molecule has 17 heavy (non-hydrogen) atoms. The molecule has 0 aromatic heterocycles. The largest absolute Gasteiger partial charge is 0.480 e. The van der Waals surface area contributed by atoms with E-state index in [0.29, 0.717) is 6.54 Å². The van der Waals surface area contributed by atoms with Crippen molar-refractivity contribution in [3.05, 3.63) is 29.8 Å². The number of rotatable bonds is 2. The number of aryl methyl sites for hydroxylation is 1. The molecule has 1 unspecified atom stereocenters. The SMILES string of the molecule is Cc1ccc(N2CCN(C)C(C(=O)O)C2)cc1. The van der Waals surface area contributed by atoms with E-state index in [0.717, 1.165) is 18.8 Å². The van der Waals surface area contributed by atoms with Crippen molar-refractivity contribution in [2.24, 2.45) is 0 Å². The first-order valence-corrected chi connectivity index (χ1v) is 5.82. The van der Waals surface area contributed by atoms with E-state index in [9.17, 15) is 4.79 Å². The van der Waals surface area contributed by atoms with E-state index in [1.807, 2.05) is 18.9 Å². The summed E-state index contributed by atoms with van der Waals surface area (Å²) in [5, 5.41) is 9.15. The second kappa shape index (κ2) is 4.75. The fraction of sp³-hybridized carbons (Fsp3) is 0.462. The van der Waals surface area contributed by atoms with Crippen LogP contribution in [0.25, 0.3) is 0 Å². The number of hydrogen-bond acceptors (Lipinski definition) is 3. The zero-order chi connectivity index (χ0) is 12.4. The van der Waals surface area contributed by atoms with E-state index < -0.39 is 12.0 Å². The Hall–Kier alpha value is -1.55. The van der Waals surface area contributed by atoms with Gasteiger partial charge in [-0.05, 0) is 26.1 Å². The number of piperazine rings is 1. The van der Waals surface area contributed by atoms with Crippen LogP contribution in [-0.2, 0) is 4.79 Å². The number of carboxylic acid groups (broad SMARTS) is 1. The van der Waals surface area contributed by atoms with Crippen LogP contribution in [0.2, 0.25) is 0 Å². The molecular formula is C13H18N2O2. The average Bonchev–Trinajstić information content (AvgIpc) is 2.30. The molecule has 0 amide bonds. The molecule has 0 aliphatic carbocycles. The topological polar surface area (TPSA) is 43.8 Å². The highest BCUT2D eigenvalue weighted by Crippen LogP contribution is 2.19. The molecule has 4 heteroatoms. The van der Waals surface area contributed by atoms with E-state index in [1.54, 1.807) is 0 Å². The van der Waals surface area contributed by atoms with Crippen molar-refractivity contribution in [1.82, 2.24) is 4.90 Å². The van der Waals surface area contributed by atoms with Crippen molar-refractivity contribution in [3.8, 4) is 0 Å². The standard InChI is InChI=1S/C13H18N2O2/c1-10-3-5-11(6-4-10)15-8-7-14(2)12(9-15)13(16)17/h3-6,12H,7-9H2,1-2H3,(H,16,17). The first kappa shape index (κ1) is 11.9. The van der Waals surface area contributed by atoms with E-state index in [1.165, 1.54) is 5.56 Å². The molecule has 0 radical (unpaired) electrons. The Bertz CT molecular complexity index is 402. The summed E-state index contributed by atoms with van der Waals surface area (Å²) in [6.45, 7) is 4.26. The van der Waals surface area contributed by atoms with Gasteiger partial charge in [-0.1, -0.05) is 17.7 Å². The Morgan fingerprint density at radius 2 is 1.94 bits per heavy atom. The van der Waals surface area contributed by atoms with Gasteiger partial charge in [-0.25, -0.2) is 0 Å². The maximum absolute atomic E-state index is 11.1. The molecule has 0 bridgehead atoms. The molecule has 92 valence electrons. The number of likely N-dealkylation sites (N-methyl/N-ethyl adjacent to an activating group) is 1. The Labute approximate surface area is 101 Å². The van der Waals surface area contributed by atoms with E-state index in [4.69, 9.17) is 5.11 Å². The second-order valence-electron chi connectivity index (χ2n) is 4.62. The number of carbonyl (C=O) groups is 1. The Morgan fingerprint density at radius 1 is 1.29 bits per heavy atom. The van der Waals surface area contributed by atoms with Gasteiger partial charge in [0.1, 0.15) is 6.04 Å². The van der Waals surface area contributed by atoms with E-state index >= 15 is 0 Å². The molecule has 1 aromatic carbocycles. The summed E-state index contributed by atoms with van der Waals surface area (Å²) in [4.78, 5) is 15.2. The molecular weight excluding hydrogens is 216 g/mol. The predicted octanol–water partition coefficient (Wildman–Crippen LogP) is 1.20. The van der Waals surface area contributed by atoms with Crippen LogP contribution in [0.5, 0.6) is 0 Å². The highest BCUT2D eigenvalue weighted by Gasteiger charge is 2.29. The molecule has 1 aliphatic rings. The molecule has 1 aromatic rings. The summed E-state index contributed by atoms with van der Waals surface area (Å²) < 4.78 is 0. The van der Waals surface area contributed by atoms with Gasteiger partial charge < -0.3 is 10.0 Å². The van der Waals surface area contributed by atoms with Crippen molar-refractivity contribution in [2.75, 3.05) is 31.6 Å². The highest BCUT2D eigenvalue weighted by molar-refractivity contribution is 5.75.